The SMILES string of the molecule is CCOP(=O)(Cc1ccc(C(=O)Nc2cc(-c3cccs3)ccc2N)cc1)OCC. The lowest BCUT2D eigenvalue weighted by Crippen LogP contribution is -2.13. The van der Waals surface area contributed by atoms with Crippen molar-refractivity contribution >= 4 is 36.2 Å². The summed E-state index contributed by atoms with van der Waals surface area (Å²) in [5, 5.41) is 4.88. The summed E-state index contributed by atoms with van der Waals surface area (Å²) in [4.78, 5) is 13.8. The number of amides is 1. The summed E-state index contributed by atoms with van der Waals surface area (Å²) in [6.07, 6.45) is 0.159. The molecule has 2 aromatic carbocycles. The first-order valence-corrected chi connectivity index (χ1v) is 12.3. The molecule has 1 heterocycles. The average molecular weight is 444 g/mol. The van der Waals surface area contributed by atoms with Gasteiger partial charge in [0.15, 0.2) is 0 Å². The molecule has 1 aromatic heterocycles. The molecule has 3 N–H and O–H groups in total. The predicted molar refractivity (Wildman–Crippen MR) is 123 cm³/mol. The zero-order valence-electron chi connectivity index (χ0n) is 17.0. The van der Waals surface area contributed by atoms with Gasteiger partial charge in [0.25, 0.3) is 5.91 Å². The Hall–Kier alpha value is -2.44. The van der Waals surface area contributed by atoms with Gasteiger partial charge in [0.1, 0.15) is 0 Å². The molecular weight excluding hydrogens is 419 g/mol. The van der Waals surface area contributed by atoms with Crippen molar-refractivity contribution in [2.45, 2.75) is 20.0 Å². The fourth-order valence-corrected chi connectivity index (χ4v) is 5.39. The van der Waals surface area contributed by atoms with Gasteiger partial charge in [0.2, 0.25) is 0 Å². The molecule has 0 bridgehead atoms. The molecule has 8 heteroatoms. The Labute approximate surface area is 180 Å². The highest BCUT2D eigenvalue weighted by Crippen LogP contribution is 2.51. The monoisotopic (exact) mass is 444 g/mol. The van der Waals surface area contributed by atoms with Crippen LogP contribution in [0.1, 0.15) is 29.8 Å². The van der Waals surface area contributed by atoms with E-state index in [1.54, 1.807) is 55.5 Å². The van der Waals surface area contributed by atoms with Crippen molar-refractivity contribution in [1.82, 2.24) is 0 Å². The molecule has 0 aliphatic rings. The lowest BCUT2D eigenvalue weighted by molar-refractivity contribution is 0.102. The number of carbonyl (C=O) groups is 1. The molecule has 0 unspecified atom stereocenters. The molecule has 0 aliphatic heterocycles. The normalized spacial score (nSPS) is 11.4. The molecular formula is C22H25N2O4PS. The predicted octanol–water partition coefficient (Wildman–Crippen LogP) is 6.02. The summed E-state index contributed by atoms with van der Waals surface area (Å²) in [6.45, 7) is 4.17. The van der Waals surface area contributed by atoms with Gasteiger partial charge in [-0.1, -0.05) is 24.3 Å². The molecule has 0 spiro atoms. The molecule has 0 atom stereocenters. The van der Waals surface area contributed by atoms with E-state index in [9.17, 15) is 9.36 Å². The average Bonchev–Trinajstić information content (AvgIpc) is 3.25. The van der Waals surface area contributed by atoms with Crippen LogP contribution in [-0.2, 0) is 19.8 Å². The van der Waals surface area contributed by atoms with E-state index >= 15 is 0 Å². The Balaban J connectivity index is 1.72. The number of rotatable bonds is 9. The number of benzene rings is 2. The smallest absolute Gasteiger partial charge is 0.335 e. The second-order valence-electron chi connectivity index (χ2n) is 6.53. The summed E-state index contributed by atoms with van der Waals surface area (Å²) in [7, 11) is -3.19. The molecule has 0 saturated carbocycles. The first-order chi connectivity index (χ1) is 14.4. The Bertz CT molecular complexity index is 1030. The van der Waals surface area contributed by atoms with Crippen LogP contribution in [0.3, 0.4) is 0 Å². The van der Waals surface area contributed by atoms with Gasteiger partial charge in [-0.15, -0.1) is 11.3 Å². The molecule has 6 nitrogen and oxygen atoms in total. The molecule has 158 valence electrons. The number of nitrogens with one attached hydrogen (secondary N) is 1. The van der Waals surface area contributed by atoms with Crippen molar-refractivity contribution in [3.8, 4) is 10.4 Å². The highest BCUT2D eigenvalue weighted by atomic mass is 32.1. The maximum Gasteiger partial charge on any atom is 0.335 e. The van der Waals surface area contributed by atoms with Gasteiger partial charge >= 0.3 is 7.60 Å². The number of nitrogen functional groups attached to an aromatic ring is 1. The van der Waals surface area contributed by atoms with E-state index in [4.69, 9.17) is 14.8 Å². The standard InChI is InChI=1S/C22H25N2O4PS/c1-3-27-29(26,28-4-2)15-16-7-9-17(10-8-16)22(25)24-20-14-18(11-12-19(20)23)21-6-5-13-30-21/h5-14H,3-4,15,23H2,1-2H3,(H,24,25). The molecule has 1 amide bonds. The van der Waals surface area contributed by atoms with E-state index in [-0.39, 0.29) is 12.1 Å². The number of hydrogen-bond donors (Lipinski definition) is 2. The number of carbonyl (C=O) groups excluding carboxylic acids is 1. The second-order valence-corrected chi connectivity index (χ2v) is 9.54. The highest BCUT2D eigenvalue weighted by molar-refractivity contribution is 7.53. The van der Waals surface area contributed by atoms with Gasteiger partial charge < -0.3 is 20.1 Å². The van der Waals surface area contributed by atoms with Crippen LogP contribution in [0, 0.1) is 0 Å². The number of hydrogen-bond acceptors (Lipinski definition) is 6. The fraction of sp³-hybridized carbons (Fsp3) is 0.227. The zero-order valence-corrected chi connectivity index (χ0v) is 18.7. The van der Waals surface area contributed by atoms with Gasteiger partial charge in [-0.3, -0.25) is 9.36 Å². The van der Waals surface area contributed by atoms with Gasteiger partial charge in [0.05, 0.1) is 30.8 Å². The third-order valence-electron chi connectivity index (χ3n) is 4.35. The second kappa shape index (κ2) is 10.0. The van der Waals surface area contributed by atoms with E-state index in [0.717, 1.165) is 16.0 Å². The van der Waals surface area contributed by atoms with E-state index in [1.807, 2.05) is 29.6 Å². The van der Waals surface area contributed by atoms with E-state index in [0.29, 0.717) is 30.2 Å². The molecule has 0 saturated heterocycles. The topological polar surface area (TPSA) is 90.7 Å². The van der Waals surface area contributed by atoms with Gasteiger partial charge in [-0.05, 0) is 60.7 Å². The van der Waals surface area contributed by atoms with Crippen molar-refractivity contribution < 1.29 is 18.4 Å². The van der Waals surface area contributed by atoms with Crippen LogP contribution < -0.4 is 11.1 Å². The van der Waals surface area contributed by atoms with Gasteiger partial charge in [0, 0.05) is 10.4 Å². The summed E-state index contributed by atoms with van der Waals surface area (Å²) < 4.78 is 23.3. The minimum atomic E-state index is -3.19. The van der Waals surface area contributed by atoms with Crippen LogP contribution in [0.5, 0.6) is 0 Å². The van der Waals surface area contributed by atoms with E-state index < -0.39 is 7.60 Å². The van der Waals surface area contributed by atoms with E-state index in [1.165, 1.54) is 0 Å². The lowest BCUT2D eigenvalue weighted by atomic mass is 10.1. The quantitative estimate of drug-likeness (QED) is 0.311. The number of thiophene rings is 1. The minimum absolute atomic E-state index is 0.159. The van der Waals surface area contributed by atoms with Crippen LogP contribution in [0.15, 0.2) is 60.0 Å². The van der Waals surface area contributed by atoms with Crippen LogP contribution in [0.25, 0.3) is 10.4 Å². The lowest BCUT2D eigenvalue weighted by Gasteiger charge is -2.17. The van der Waals surface area contributed by atoms with E-state index in [2.05, 4.69) is 5.32 Å². The number of nitrogens with two attached hydrogens (primary N) is 1. The zero-order chi connectivity index (χ0) is 21.6. The van der Waals surface area contributed by atoms with Crippen molar-refractivity contribution in [2.24, 2.45) is 0 Å². The largest absolute Gasteiger partial charge is 0.397 e. The Kier molecular flexibility index (Phi) is 7.45. The first-order valence-electron chi connectivity index (χ1n) is 9.66. The van der Waals surface area contributed by atoms with Crippen molar-refractivity contribution in [1.29, 1.82) is 0 Å². The molecule has 3 rings (SSSR count). The third-order valence-corrected chi connectivity index (χ3v) is 7.33. The minimum Gasteiger partial charge on any atom is -0.397 e. The summed E-state index contributed by atoms with van der Waals surface area (Å²) >= 11 is 1.62. The van der Waals surface area contributed by atoms with Crippen LogP contribution in [0.4, 0.5) is 11.4 Å². The van der Waals surface area contributed by atoms with Crippen LogP contribution in [-0.4, -0.2) is 19.1 Å². The van der Waals surface area contributed by atoms with Crippen molar-refractivity contribution in [3.05, 3.63) is 71.1 Å². The highest BCUT2D eigenvalue weighted by Gasteiger charge is 2.24. The number of anilines is 2. The van der Waals surface area contributed by atoms with Crippen LogP contribution in [0.2, 0.25) is 0 Å². The maximum absolute atomic E-state index is 12.7. The van der Waals surface area contributed by atoms with Crippen molar-refractivity contribution in [3.63, 3.8) is 0 Å². The molecule has 30 heavy (non-hydrogen) atoms. The summed E-state index contributed by atoms with van der Waals surface area (Å²) in [6, 6.07) is 16.5. The van der Waals surface area contributed by atoms with Gasteiger partial charge in [-0.2, -0.15) is 0 Å². The Morgan fingerprint density at radius 2 is 1.77 bits per heavy atom. The van der Waals surface area contributed by atoms with Crippen LogP contribution >= 0.6 is 18.9 Å². The third kappa shape index (κ3) is 5.58. The fourth-order valence-electron chi connectivity index (χ4n) is 2.96. The molecule has 0 aliphatic carbocycles. The molecule has 3 aromatic rings. The van der Waals surface area contributed by atoms with Crippen molar-refractivity contribution in [2.75, 3.05) is 24.3 Å². The summed E-state index contributed by atoms with van der Waals surface area (Å²) in [5.41, 5.74) is 9.35. The Morgan fingerprint density at radius 3 is 2.37 bits per heavy atom. The summed E-state index contributed by atoms with van der Waals surface area (Å²) in [5.74, 6) is -0.269. The first kappa shape index (κ1) is 22.2. The molecule has 0 radical (unpaired) electrons. The maximum atomic E-state index is 12.7. The van der Waals surface area contributed by atoms with Gasteiger partial charge in [-0.25, -0.2) is 0 Å². The Morgan fingerprint density at radius 1 is 1.07 bits per heavy atom. The molecule has 0 fully saturated rings.